The van der Waals surface area contributed by atoms with E-state index in [2.05, 4.69) is 29.7 Å². The third-order valence-corrected chi connectivity index (χ3v) is 6.54. The first-order valence-electron chi connectivity index (χ1n) is 12.4. The van der Waals surface area contributed by atoms with Crippen molar-refractivity contribution in [1.29, 1.82) is 0 Å². The van der Waals surface area contributed by atoms with Gasteiger partial charge in [-0.05, 0) is 37.3 Å². The molecule has 1 aliphatic rings. The lowest BCUT2D eigenvalue weighted by molar-refractivity contribution is 0.105. The summed E-state index contributed by atoms with van der Waals surface area (Å²) >= 11 is 0. The van der Waals surface area contributed by atoms with Crippen LogP contribution in [0.4, 0.5) is 16.6 Å². The second-order valence-electron chi connectivity index (χ2n) is 8.81. The van der Waals surface area contributed by atoms with E-state index in [9.17, 15) is 9.59 Å². The van der Waals surface area contributed by atoms with E-state index in [4.69, 9.17) is 14.5 Å². The lowest BCUT2D eigenvalue weighted by Crippen LogP contribution is -2.47. The number of hydrogen-bond acceptors (Lipinski definition) is 9. The number of fused-ring (bicyclic) bond motifs is 3. The van der Waals surface area contributed by atoms with Crippen LogP contribution >= 0.6 is 0 Å². The number of aromatic nitrogens is 5. The highest BCUT2D eigenvalue weighted by molar-refractivity contribution is 6.09. The Morgan fingerprint density at radius 2 is 1.87 bits per heavy atom. The highest BCUT2D eigenvalue weighted by Gasteiger charge is 2.21. The summed E-state index contributed by atoms with van der Waals surface area (Å²) in [5.41, 5.74) is 2.19. The molecule has 0 unspecified atom stereocenters. The van der Waals surface area contributed by atoms with Crippen LogP contribution in [-0.4, -0.2) is 63.9 Å². The molecule has 1 aromatic carbocycles. The van der Waals surface area contributed by atoms with Gasteiger partial charge >= 0.3 is 6.16 Å². The number of hydrogen-bond donors (Lipinski definition) is 2. The van der Waals surface area contributed by atoms with Gasteiger partial charge < -0.3 is 29.2 Å². The highest BCUT2D eigenvalue weighted by Crippen LogP contribution is 2.33. The number of pyridine rings is 2. The zero-order valence-corrected chi connectivity index (χ0v) is 20.7. The molecule has 11 nitrogen and oxygen atoms in total. The van der Waals surface area contributed by atoms with Gasteiger partial charge in [0.05, 0.1) is 17.7 Å². The fraction of sp³-hybridized carbons (Fsp3) is 0.222. The van der Waals surface area contributed by atoms with Crippen molar-refractivity contribution in [2.24, 2.45) is 0 Å². The standard InChI is InChI=1S/C27H25N7O4/c1-2-37-27(36)38-21-16-30-24-23(21)18-15-17(6-7-20(18)31-25(24)35)19-8-10-29-26(32-19)34-13-11-33(12-14-34)22-5-3-4-9-28-22/h3-10,15-16,30H,2,11-14H2,1H3,(H,31,35). The summed E-state index contributed by atoms with van der Waals surface area (Å²) in [5, 5.41) is 1.21. The predicted molar refractivity (Wildman–Crippen MR) is 144 cm³/mol. The normalized spacial score (nSPS) is 13.7. The molecule has 1 fully saturated rings. The second kappa shape index (κ2) is 9.85. The fourth-order valence-corrected chi connectivity index (χ4v) is 4.71. The van der Waals surface area contributed by atoms with Gasteiger partial charge in [0.2, 0.25) is 5.95 Å². The monoisotopic (exact) mass is 511 g/mol. The quantitative estimate of drug-likeness (QED) is 0.339. The number of carbonyl (C=O) groups excluding carboxylic acids is 1. The first-order valence-corrected chi connectivity index (χ1v) is 12.4. The smallest absolute Gasteiger partial charge is 0.434 e. The van der Waals surface area contributed by atoms with Crippen LogP contribution in [0.2, 0.25) is 0 Å². The van der Waals surface area contributed by atoms with Crippen LogP contribution in [0.25, 0.3) is 33.1 Å². The number of carbonyl (C=O) groups is 1. The minimum absolute atomic E-state index is 0.181. The van der Waals surface area contributed by atoms with Gasteiger partial charge in [0.15, 0.2) is 5.75 Å². The Bertz CT molecular complexity index is 1670. The van der Waals surface area contributed by atoms with Gasteiger partial charge in [-0.3, -0.25) is 4.79 Å². The highest BCUT2D eigenvalue weighted by atomic mass is 16.7. The second-order valence-corrected chi connectivity index (χ2v) is 8.81. The molecule has 38 heavy (non-hydrogen) atoms. The molecule has 192 valence electrons. The number of benzene rings is 1. The van der Waals surface area contributed by atoms with Crippen molar-refractivity contribution < 1.29 is 14.3 Å². The Labute approximate surface area is 217 Å². The first-order chi connectivity index (χ1) is 18.6. The minimum atomic E-state index is -0.832. The van der Waals surface area contributed by atoms with Gasteiger partial charge in [0.25, 0.3) is 5.56 Å². The predicted octanol–water partition coefficient (Wildman–Crippen LogP) is 3.72. The van der Waals surface area contributed by atoms with E-state index >= 15 is 0 Å². The van der Waals surface area contributed by atoms with Crippen molar-refractivity contribution in [2.45, 2.75) is 6.92 Å². The number of nitrogens with zero attached hydrogens (tertiary/aromatic N) is 5. The van der Waals surface area contributed by atoms with E-state index in [1.54, 1.807) is 19.3 Å². The van der Waals surface area contributed by atoms with Crippen LogP contribution in [0.3, 0.4) is 0 Å². The number of H-pyrrole nitrogens is 2. The molecule has 0 amide bonds. The van der Waals surface area contributed by atoms with Crippen molar-refractivity contribution in [1.82, 2.24) is 24.9 Å². The maximum Gasteiger partial charge on any atom is 0.513 e. The molecular formula is C27H25N7O4. The van der Waals surface area contributed by atoms with Crippen LogP contribution in [0.5, 0.6) is 5.75 Å². The summed E-state index contributed by atoms with van der Waals surface area (Å²) in [6, 6.07) is 13.4. The summed E-state index contributed by atoms with van der Waals surface area (Å²) in [6.45, 7) is 5.07. The van der Waals surface area contributed by atoms with Crippen molar-refractivity contribution in [3.8, 4) is 17.0 Å². The van der Waals surface area contributed by atoms with E-state index in [-0.39, 0.29) is 17.9 Å². The zero-order valence-electron chi connectivity index (χ0n) is 20.7. The number of nitrogens with one attached hydrogen (secondary N) is 2. The maximum absolute atomic E-state index is 12.6. The van der Waals surface area contributed by atoms with E-state index in [1.165, 1.54) is 6.20 Å². The fourth-order valence-electron chi connectivity index (χ4n) is 4.71. The molecule has 0 aliphatic carbocycles. The minimum Gasteiger partial charge on any atom is -0.434 e. The zero-order chi connectivity index (χ0) is 26.1. The summed E-state index contributed by atoms with van der Waals surface area (Å²) in [6.07, 6.45) is 4.21. The molecule has 4 aromatic heterocycles. The van der Waals surface area contributed by atoms with Crippen LogP contribution in [-0.2, 0) is 4.74 Å². The molecule has 11 heteroatoms. The molecule has 0 bridgehead atoms. The van der Waals surface area contributed by atoms with E-state index in [0.29, 0.717) is 27.8 Å². The summed E-state index contributed by atoms with van der Waals surface area (Å²) in [7, 11) is 0. The molecule has 5 heterocycles. The van der Waals surface area contributed by atoms with Crippen LogP contribution in [0.1, 0.15) is 6.92 Å². The molecule has 1 aliphatic heterocycles. The third-order valence-electron chi connectivity index (χ3n) is 6.54. The van der Waals surface area contributed by atoms with Gasteiger partial charge in [0.1, 0.15) is 11.3 Å². The van der Waals surface area contributed by atoms with Crippen molar-refractivity contribution in [2.75, 3.05) is 42.6 Å². The van der Waals surface area contributed by atoms with Gasteiger partial charge in [-0.25, -0.2) is 19.7 Å². The Hall–Kier alpha value is -4.93. The summed E-state index contributed by atoms with van der Waals surface area (Å²) in [4.78, 5) is 48.6. The molecule has 1 saturated heterocycles. The van der Waals surface area contributed by atoms with Crippen LogP contribution in [0, 0.1) is 0 Å². The maximum atomic E-state index is 12.6. The summed E-state index contributed by atoms with van der Waals surface area (Å²) < 4.78 is 10.3. The number of ether oxygens (including phenoxy) is 2. The number of anilines is 2. The lowest BCUT2D eigenvalue weighted by atomic mass is 10.1. The average Bonchev–Trinajstić information content (AvgIpc) is 3.38. The summed E-state index contributed by atoms with van der Waals surface area (Å²) in [5.74, 6) is 1.85. The van der Waals surface area contributed by atoms with E-state index in [1.807, 2.05) is 42.5 Å². The molecule has 2 N–H and O–H groups in total. The molecule has 0 radical (unpaired) electrons. The largest absolute Gasteiger partial charge is 0.513 e. The first kappa shape index (κ1) is 23.5. The SMILES string of the molecule is CCOC(=O)Oc1c[nH]c2c(=O)[nH]c3ccc(-c4ccnc(N5CCN(c6ccccn6)CC5)n4)cc3c12. The number of aromatic amines is 2. The van der Waals surface area contributed by atoms with Crippen LogP contribution < -0.4 is 20.1 Å². The Morgan fingerprint density at radius 1 is 1.03 bits per heavy atom. The van der Waals surface area contributed by atoms with Crippen molar-refractivity contribution in [3.63, 3.8) is 0 Å². The molecule has 0 saturated carbocycles. The van der Waals surface area contributed by atoms with E-state index < -0.39 is 6.16 Å². The molecule has 0 spiro atoms. The molecule has 5 aromatic rings. The van der Waals surface area contributed by atoms with Gasteiger partial charge in [-0.15, -0.1) is 0 Å². The van der Waals surface area contributed by atoms with Crippen LogP contribution in [0.15, 0.2) is 65.8 Å². The topological polar surface area (TPSA) is 129 Å². The lowest BCUT2D eigenvalue weighted by Gasteiger charge is -2.35. The van der Waals surface area contributed by atoms with Gasteiger partial charge in [-0.2, -0.15) is 0 Å². The number of rotatable bonds is 5. The number of piperazine rings is 1. The third kappa shape index (κ3) is 4.38. The average molecular weight is 512 g/mol. The Kier molecular flexibility index (Phi) is 6.08. The molecular weight excluding hydrogens is 486 g/mol. The molecule has 0 atom stereocenters. The van der Waals surface area contributed by atoms with Gasteiger partial charge in [0, 0.05) is 61.2 Å². The Balaban J connectivity index is 1.31. The molecule has 6 rings (SSSR count). The van der Waals surface area contributed by atoms with E-state index in [0.717, 1.165) is 43.3 Å². The van der Waals surface area contributed by atoms with Gasteiger partial charge in [-0.1, -0.05) is 12.1 Å². The Morgan fingerprint density at radius 3 is 2.66 bits per heavy atom. The van der Waals surface area contributed by atoms with Crippen molar-refractivity contribution >= 4 is 39.7 Å². The van der Waals surface area contributed by atoms with Crippen molar-refractivity contribution in [3.05, 3.63) is 71.4 Å².